The minimum absolute atomic E-state index is 0.627. The zero-order chi connectivity index (χ0) is 16.8. The van der Waals surface area contributed by atoms with Crippen molar-refractivity contribution in [3.05, 3.63) is 57.6 Å². The molecule has 0 unspecified atom stereocenters. The minimum atomic E-state index is 0.627. The third kappa shape index (κ3) is 5.22. The molecule has 2 rings (SSSR count). The van der Waals surface area contributed by atoms with Gasteiger partial charge in [0.1, 0.15) is 5.75 Å². The Morgan fingerprint density at radius 3 is 2.61 bits per heavy atom. The Labute approximate surface area is 151 Å². The summed E-state index contributed by atoms with van der Waals surface area (Å²) in [4.78, 5) is 0. The highest BCUT2D eigenvalue weighted by Gasteiger charge is 2.04. The molecule has 0 aliphatic rings. The summed E-state index contributed by atoms with van der Waals surface area (Å²) in [5, 5.41) is 7.08. The van der Waals surface area contributed by atoms with E-state index in [4.69, 9.17) is 17.0 Å². The maximum atomic E-state index is 5.38. The molecular weight excluding hydrogens is 372 g/mol. The molecule has 3 nitrogen and oxygen atoms in total. The summed E-state index contributed by atoms with van der Waals surface area (Å²) in [6.45, 7) is 4.93. The molecule has 0 radical (unpaired) electrons. The molecular formula is C18H21BrN2OS. The Morgan fingerprint density at radius 1 is 1.13 bits per heavy atom. The lowest BCUT2D eigenvalue weighted by Crippen LogP contribution is -2.30. The molecule has 23 heavy (non-hydrogen) atoms. The Bertz CT molecular complexity index is 703. The SMILES string of the molecule is COc1ccc(Br)cc1CCNC(=S)Nc1ccc(C)c(C)c1. The summed E-state index contributed by atoms with van der Waals surface area (Å²) in [6.07, 6.45) is 0.831. The molecule has 0 aliphatic carbocycles. The monoisotopic (exact) mass is 392 g/mol. The van der Waals surface area contributed by atoms with Crippen LogP contribution in [0.4, 0.5) is 5.69 Å². The van der Waals surface area contributed by atoms with Gasteiger partial charge in [0.25, 0.3) is 0 Å². The van der Waals surface area contributed by atoms with Gasteiger partial charge < -0.3 is 15.4 Å². The van der Waals surface area contributed by atoms with Crippen molar-refractivity contribution in [2.24, 2.45) is 0 Å². The zero-order valence-electron chi connectivity index (χ0n) is 13.6. The number of hydrogen-bond acceptors (Lipinski definition) is 2. The number of anilines is 1. The summed E-state index contributed by atoms with van der Waals surface area (Å²) in [5.41, 5.74) is 4.67. The number of hydrogen-bond donors (Lipinski definition) is 2. The average molecular weight is 393 g/mol. The van der Waals surface area contributed by atoms with Gasteiger partial charge in [-0.3, -0.25) is 0 Å². The molecule has 0 saturated carbocycles. The predicted octanol–water partition coefficient (Wildman–Crippen LogP) is 4.60. The molecule has 0 saturated heterocycles. The molecule has 0 spiro atoms. The Kier molecular flexibility index (Phi) is 6.42. The smallest absolute Gasteiger partial charge is 0.170 e. The second-order valence-electron chi connectivity index (χ2n) is 5.39. The molecule has 0 fully saturated rings. The van der Waals surface area contributed by atoms with E-state index in [0.717, 1.165) is 34.4 Å². The molecule has 0 heterocycles. The minimum Gasteiger partial charge on any atom is -0.496 e. The fraction of sp³-hybridized carbons (Fsp3) is 0.278. The molecule has 122 valence electrons. The van der Waals surface area contributed by atoms with Crippen LogP contribution >= 0.6 is 28.1 Å². The third-order valence-corrected chi connectivity index (χ3v) is 4.43. The lowest BCUT2D eigenvalue weighted by atomic mass is 10.1. The second-order valence-corrected chi connectivity index (χ2v) is 6.71. The Hall–Kier alpha value is -1.59. The number of halogens is 1. The van der Waals surface area contributed by atoms with Crippen LogP contribution in [0.1, 0.15) is 16.7 Å². The van der Waals surface area contributed by atoms with Crippen molar-refractivity contribution in [1.82, 2.24) is 5.32 Å². The number of benzene rings is 2. The molecule has 0 aliphatic heterocycles. The molecule has 0 bridgehead atoms. The first kappa shape index (κ1) is 17.8. The van der Waals surface area contributed by atoms with Gasteiger partial charge in [-0.05, 0) is 79.5 Å². The maximum absolute atomic E-state index is 5.38. The lowest BCUT2D eigenvalue weighted by Gasteiger charge is -2.13. The van der Waals surface area contributed by atoms with Crippen LogP contribution in [0.5, 0.6) is 5.75 Å². The van der Waals surface area contributed by atoms with E-state index in [1.807, 2.05) is 18.2 Å². The normalized spacial score (nSPS) is 10.3. The van der Waals surface area contributed by atoms with Crippen molar-refractivity contribution in [2.75, 3.05) is 19.0 Å². The van der Waals surface area contributed by atoms with Crippen LogP contribution in [0.15, 0.2) is 40.9 Å². The largest absolute Gasteiger partial charge is 0.496 e. The topological polar surface area (TPSA) is 33.3 Å². The standard InChI is InChI=1S/C18H21BrN2OS/c1-12-4-6-16(10-13(12)2)21-18(23)20-9-8-14-11-15(19)5-7-17(14)22-3/h4-7,10-11H,8-9H2,1-3H3,(H2,20,21,23). The summed E-state index contributed by atoms with van der Waals surface area (Å²) in [5.74, 6) is 0.892. The van der Waals surface area contributed by atoms with Crippen molar-refractivity contribution in [2.45, 2.75) is 20.3 Å². The Morgan fingerprint density at radius 2 is 1.91 bits per heavy atom. The molecule has 2 aromatic carbocycles. The van der Waals surface area contributed by atoms with E-state index in [-0.39, 0.29) is 0 Å². The summed E-state index contributed by atoms with van der Waals surface area (Å²) in [7, 11) is 1.69. The quantitative estimate of drug-likeness (QED) is 0.728. The molecule has 0 atom stereocenters. The fourth-order valence-corrected chi connectivity index (χ4v) is 2.88. The first-order valence-electron chi connectivity index (χ1n) is 7.44. The molecule has 2 N–H and O–H groups in total. The van der Waals surface area contributed by atoms with Gasteiger partial charge in [0, 0.05) is 16.7 Å². The van der Waals surface area contributed by atoms with Crippen LogP contribution in [0, 0.1) is 13.8 Å². The summed E-state index contributed by atoms with van der Waals surface area (Å²) < 4.78 is 6.43. The van der Waals surface area contributed by atoms with Crippen molar-refractivity contribution in [1.29, 1.82) is 0 Å². The van der Waals surface area contributed by atoms with E-state index >= 15 is 0 Å². The number of ether oxygens (including phenoxy) is 1. The van der Waals surface area contributed by atoms with Gasteiger partial charge >= 0.3 is 0 Å². The van der Waals surface area contributed by atoms with E-state index in [0.29, 0.717) is 5.11 Å². The van der Waals surface area contributed by atoms with Crippen molar-refractivity contribution in [3.63, 3.8) is 0 Å². The van der Waals surface area contributed by atoms with E-state index < -0.39 is 0 Å². The molecule has 2 aromatic rings. The van der Waals surface area contributed by atoms with E-state index in [2.05, 4.69) is 58.6 Å². The van der Waals surface area contributed by atoms with Gasteiger partial charge in [-0.2, -0.15) is 0 Å². The van der Waals surface area contributed by atoms with Gasteiger partial charge in [0.05, 0.1) is 7.11 Å². The summed E-state index contributed by atoms with van der Waals surface area (Å²) >= 11 is 8.84. The maximum Gasteiger partial charge on any atom is 0.170 e. The van der Waals surface area contributed by atoms with E-state index in [1.54, 1.807) is 7.11 Å². The number of thiocarbonyl (C=S) groups is 1. The lowest BCUT2D eigenvalue weighted by molar-refractivity contribution is 0.409. The molecule has 0 aromatic heterocycles. The van der Waals surface area contributed by atoms with Crippen LogP contribution in [-0.4, -0.2) is 18.8 Å². The first-order valence-corrected chi connectivity index (χ1v) is 8.64. The van der Waals surface area contributed by atoms with E-state index in [9.17, 15) is 0 Å². The second kappa shape index (κ2) is 8.31. The third-order valence-electron chi connectivity index (χ3n) is 3.69. The Balaban J connectivity index is 1.87. The molecule has 5 heteroatoms. The van der Waals surface area contributed by atoms with Crippen molar-refractivity contribution in [3.8, 4) is 5.75 Å². The van der Waals surface area contributed by atoms with Gasteiger partial charge in [-0.25, -0.2) is 0 Å². The predicted molar refractivity (Wildman–Crippen MR) is 105 cm³/mol. The van der Waals surface area contributed by atoms with E-state index in [1.165, 1.54) is 11.1 Å². The van der Waals surface area contributed by atoms with Gasteiger partial charge in [0.2, 0.25) is 0 Å². The van der Waals surface area contributed by atoms with Crippen LogP contribution in [-0.2, 0) is 6.42 Å². The van der Waals surface area contributed by atoms with Crippen molar-refractivity contribution < 1.29 is 4.74 Å². The summed E-state index contributed by atoms with van der Waals surface area (Å²) in [6, 6.07) is 12.2. The van der Waals surface area contributed by atoms with Crippen LogP contribution in [0.3, 0.4) is 0 Å². The first-order chi connectivity index (χ1) is 11.0. The van der Waals surface area contributed by atoms with Crippen molar-refractivity contribution >= 4 is 38.9 Å². The number of rotatable bonds is 5. The van der Waals surface area contributed by atoms with Gasteiger partial charge in [0.15, 0.2) is 5.11 Å². The average Bonchev–Trinajstić information content (AvgIpc) is 2.51. The number of nitrogens with one attached hydrogen (secondary N) is 2. The number of aryl methyl sites for hydroxylation is 2. The highest BCUT2D eigenvalue weighted by molar-refractivity contribution is 9.10. The van der Waals surface area contributed by atoms with Gasteiger partial charge in [-0.15, -0.1) is 0 Å². The highest BCUT2D eigenvalue weighted by Crippen LogP contribution is 2.23. The van der Waals surface area contributed by atoms with Crippen LogP contribution in [0.25, 0.3) is 0 Å². The van der Waals surface area contributed by atoms with Crippen LogP contribution < -0.4 is 15.4 Å². The van der Waals surface area contributed by atoms with Gasteiger partial charge in [-0.1, -0.05) is 22.0 Å². The zero-order valence-corrected chi connectivity index (χ0v) is 16.0. The molecule has 0 amide bonds. The fourth-order valence-electron chi connectivity index (χ4n) is 2.25. The van der Waals surface area contributed by atoms with Crippen LogP contribution in [0.2, 0.25) is 0 Å². The number of methoxy groups -OCH3 is 1. The highest BCUT2D eigenvalue weighted by atomic mass is 79.9.